The first-order valence-corrected chi connectivity index (χ1v) is 16.4. The molecule has 0 aliphatic heterocycles. The molecule has 0 bridgehead atoms. The van der Waals surface area contributed by atoms with Gasteiger partial charge in [0.1, 0.15) is 6.33 Å². The number of rotatable bonds is 3. The molecule has 0 saturated carbocycles. The minimum Gasteiger partial charge on any atom is -0.496 e. The van der Waals surface area contributed by atoms with E-state index in [9.17, 15) is 0 Å². The first-order valence-electron chi connectivity index (χ1n) is 16.4. The third kappa shape index (κ3) is 4.89. The van der Waals surface area contributed by atoms with Gasteiger partial charge in [-0.2, -0.15) is 0 Å². The van der Waals surface area contributed by atoms with Crippen LogP contribution in [0.1, 0.15) is 52.7 Å². The van der Waals surface area contributed by atoms with Gasteiger partial charge in [-0.3, -0.25) is 4.98 Å². The van der Waals surface area contributed by atoms with E-state index in [1.165, 1.54) is 16.3 Å². The van der Waals surface area contributed by atoms with Crippen LogP contribution in [0.15, 0.2) is 97.5 Å². The van der Waals surface area contributed by atoms with Crippen molar-refractivity contribution in [2.75, 3.05) is 0 Å². The van der Waals surface area contributed by atoms with Crippen LogP contribution in [0.3, 0.4) is 0 Å². The maximum Gasteiger partial charge on any atom is 2.00 e. The van der Waals surface area contributed by atoms with Gasteiger partial charge in [0.15, 0.2) is 0 Å². The molecule has 0 aliphatic carbocycles. The van der Waals surface area contributed by atoms with E-state index >= 15 is 0 Å². The summed E-state index contributed by atoms with van der Waals surface area (Å²) in [6.45, 7) is 13.3. The Labute approximate surface area is 299 Å². The molecule has 0 amide bonds. The molecule has 242 valence electrons. The molecule has 5 aromatic carbocycles. The molecule has 5 nitrogen and oxygen atoms in total. The van der Waals surface area contributed by atoms with Crippen LogP contribution in [-0.4, -0.2) is 19.4 Å². The molecule has 0 unspecified atom stereocenters. The number of para-hydroxylation sites is 1. The van der Waals surface area contributed by atoms with Crippen molar-refractivity contribution in [2.24, 2.45) is 0 Å². The van der Waals surface area contributed by atoms with Gasteiger partial charge in [-0.05, 0) is 45.8 Å². The molecule has 9 aromatic rings. The third-order valence-corrected chi connectivity index (χ3v) is 9.62. The van der Waals surface area contributed by atoms with Gasteiger partial charge in [-0.1, -0.05) is 130 Å². The molecule has 0 aliphatic rings. The summed E-state index contributed by atoms with van der Waals surface area (Å²) in [5.41, 5.74) is 9.12. The molecular weight excluding hydrogens is 784 g/mol. The van der Waals surface area contributed by atoms with E-state index in [1.807, 2.05) is 6.20 Å². The Bertz CT molecular complexity index is 2730. The van der Waals surface area contributed by atoms with Crippen LogP contribution in [0.2, 0.25) is 0 Å². The predicted octanol–water partition coefficient (Wildman–Crippen LogP) is 11.0. The zero-order valence-corrected chi connectivity index (χ0v) is 30.5. The van der Waals surface area contributed by atoms with E-state index in [0.29, 0.717) is 11.5 Å². The number of nitrogens with zero attached hydrogens (tertiary/aromatic N) is 4. The zero-order chi connectivity index (χ0) is 32.9. The summed E-state index contributed by atoms with van der Waals surface area (Å²) in [7, 11) is 0. The van der Waals surface area contributed by atoms with Crippen LogP contribution in [0.5, 0.6) is 11.5 Å². The molecule has 6 heteroatoms. The van der Waals surface area contributed by atoms with Crippen LogP contribution in [0, 0.1) is 12.1 Å². The molecule has 9 rings (SSSR count). The number of hydrogen-bond donors (Lipinski definition) is 0. The molecule has 0 saturated heterocycles. The molecule has 0 N–H and O–H groups in total. The first-order chi connectivity index (χ1) is 23.1. The van der Waals surface area contributed by atoms with Crippen LogP contribution < -0.4 is 4.74 Å². The maximum absolute atomic E-state index is 6.89. The zero-order valence-electron chi connectivity index (χ0n) is 28.3. The Hall–Kier alpha value is -4.86. The van der Waals surface area contributed by atoms with Gasteiger partial charge in [-0.25, -0.2) is 4.98 Å². The molecule has 49 heavy (non-hydrogen) atoms. The predicted molar refractivity (Wildman–Crippen MR) is 197 cm³/mol. The average molecular weight is 818 g/mol. The number of ether oxygens (including phenoxy) is 1. The summed E-state index contributed by atoms with van der Waals surface area (Å²) < 4.78 is 9.26. The Morgan fingerprint density at radius 2 is 1.37 bits per heavy atom. The summed E-state index contributed by atoms with van der Waals surface area (Å²) in [6.07, 6.45) is 3.54. The van der Waals surface area contributed by atoms with E-state index in [2.05, 4.69) is 148 Å². The SMILES string of the molecule is CC(C)(C)c1cc(Oc2[c-]c3c4ncnc5ccc6c7ccccc7n(c3c3ccccc23)c6c54)[c-]c(-c2cc(C(C)(C)C)ccn2)c1.[Pt+2]. The maximum atomic E-state index is 6.89. The Balaban J connectivity index is 0.00000348. The average Bonchev–Trinajstić information content (AvgIpc) is 3.42. The van der Waals surface area contributed by atoms with E-state index in [4.69, 9.17) is 14.7 Å². The second-order valence-corrected chi connectivity index (χ2v) is 14.8. The minimum atomic E-state index is -0.123. The summed E-state index contributed by atoms with van der Waals surface area (Å²) >= 11 is 0. The smallest absolute Gasteiger partial charge is 0.496 e. The second kappa shape index (κ2) is 11.1. The fourth-order valence-electron chi connectivity index (χ4n) is 7.09. The van der Waals surface area contributed by atoms with Crippen molar-refractivity contribution in [3.8, 4) is 22.8 Å². The fourth-order valence-corrected chi connectivity index (χ4v) is 7.09. The van der Waals surface area contributed by atoms with E-state index < -0.39 is 0 Å². The van der Waals surface area contributed by atoms with Gasteiger partial charge in [0.25, 0.3) is 0 Å². The molecule has 0 spiro atoms. The number of hydrogen-bond acceptors (Lipinski definition) is 4. The van der Waals surface area contributed by atoms with Crippen molar-refractivity contribution in [1.29, 1.82) is 0 Å². The Morgan fingerprint density at radius 1 is 0.653 bits per heavy atom. The summed E-state index contributed by atoms with van der Waals surface area (Å²) in [4.78, 5) is 14.3. The fraction of sp³-hybridized carbons (Fsp3) is 0.186. The molecule has 4 aromatic heterocycles. The van der Waals surface area contributed by atoms with Gasteiger partial charge in [-0.15, -0.1) is 17.2 Å². The van der Waals surface area contributed by atoms with Gasteiger partial charge < -0.3 is 14.1 Å². The molecule has 0 fully saturated rings. The number of aromatic nitrogens is 4. The van der Waals surface area contributed by atoms with Crippen LogP contribution in [-0.2, 0) is 31.9 Å². The van der Waals surface area contributed by atoms with Crippen molar-refractivity contribution >= 4 is 59.9 Å². The molecule has 0 radical (unpaired) electrons. The van der Waals surface area contributed by atoms with Gasteiger partial charge in [0.2, 0.25) is 0 Å². The Kier molecular flexibility index (Phi) is 7.10. The number of pyridine rings is 2. The van der Waals surface area contributed by atoms with Crippen molar-refractivity contribution in [3.63, 3.8) is 0 Å². The minimum absolute atomic E-state index is 0. The summed E-state index contributed by atoms with van der Waals surface area (Å²) in [5, 5.41) is 6.35. The topological polar surface area (TPSA) is 52.3 Å². The van der Waals surface area contributed by atoms with Crippen LogP contribution in [0.4, 0.5) is 0 Å². The van der Waals surface area contributed by atoms with Crippen LogP contribution >= 0.6 is 0 Å². The van der Waals surface area contributed by atoms with Crippen molar-refractivity contribution < 1.29 is 25.8 Å². The van der Waals surface area contributed by atoms with Gasteiger partial charge in [0.05, 0.1) is 11.3 Å². The number of fused-ring (bicyclic) bond motifs is 8. The van der Waals surface area contributed by atoms with Crippen LogP contribution in [0.25, 0.3) is 71.2 Å². The first kappa shape index (κ1) is 31.4. The molecular formula is C43H34N4OPt. The second-order valence-electron chi connectivity index (χ2n) is 14.8. The van der Waals surface area contributed by atoms with Gasteiger partial charge >= 0.3 is 21.1 Å². The summed E-state index contributed by atoms with van der Waals surface area (Å²) in [5.74, 6) is 1.26. The third-order valence-electron chi connectivity index (χ3n) is 9.62. The normalized spacial score (nSPS) is 12.5. The van der Waals surface area contributed by atoms with E-state index in [-0.39, 0.29) is 31.9 Å². The van der Waals surface area contributed by atoms with E-state index in [1.54, 1.807) is 6.33 Å². The van der Waals surface area contributed by atoms with E-state index in [0.717, 1.165) is 65.9 Å². The van der Waals surface area contributed by atoms with Crippen molar-refractivity contribution in [1.82, 2.24) is 19.4 Å². The standard InChI is InChI=1S/C43H34N4O.Pt/c1-42(2,3)26-17-18-44-35(22-26)25-19-27(43(4,5)6)21-28(20-25)48-37-23-33-39-38-34(45-24-46-39)16-15-32-29-11-9-10-14-36(29)47(41(32)38)40(33)31-13-8-7-12-30(31)37;/h7-19,21-22,24H,1-6H3;/q-2;+2. The monoisotopic (exact) mass is 817 g/mol. The van der Waals surface area contributed by atoms with Gasteiger partial charge in [0, 0.05) is 44.7 Å². The van der Waals surface area contributed by atoms with Crippen molar-refractivity contribution in [3.05, 3.63) is 121 Å². The largest absolute Gasteiger partial charge is 2.00 e. The number of benzene rings is 5. The molecule has 0 atom stereocenters. The molecule has 4 heterocycles. The quantitative estimate of drug-likeness (QED) is 0.101. The summed E-state index contributed by atoms with van der Waals surface area (Å²) in [6, 6.07) is 37.2. The van der Waals surface area contributed by atoms with Crippen molar-refractivity contribution in [2.45, 2.75) is 52.4 Å². The Morgan fingerprint density at radius 3 is 2.14 bits per heavy atom.